The minimum absolute atomic E-state index is 0.144. The number of nitrogens with zero attached hydrogens (tertiary/aromatic N) is 3. The van der Waals surface area contributed by atoms with Crippen molar-refractivity contribution in [3.63, 3.8) is 0 Å². The highest BCUT2D eigenvalue weighted by Crippen LogP contribution is 3.02. The number of aromatic nitrogens is 4. The summed E-state index contributed by atoms with van der Waals surface area (Å²) in [5.74, 6) is 0. The Labute approximate surface area is 95.9 Å². The van der Waals surface area contributed by atoms with E-state index < -0.39 is 26.5 Å². The van der Waals surface area contributed by atoms with Crippen molar-refractivity contribution in [2.24, 2.45) is 0 Å². The van der Waals surface area contributed by atoms with Gasteiger partial charge in [0.2, 0.25) is 0 Å². The van der Waals surface area contributed by atoms with Crippen LogP contribution in [0.5, 0.6) is 0 Å². The molecule has 100 valence electrons. The van der Waals surface area contributed by atoms with E-state index in [1.165, 1.54) is 0 Å². The van der Waals surface area contributed by atoms with Crippen LogP contribution in [0.1, 0.15) is 0 Å². The van der Waals surface area contributed by atoms with Gasteiger partial charge in [-0.2, -0.15) is 4.68 Å². The number of aromatic amines is 1. The van der Waals surface area contributed by atoms with Crippen molar-refractivity contribution in [1.82, 2.24) is 20.2 Å². The van der Waals surface area contributed by atoms with E-state index in [2.05, 4.69) is 10.4 Å². The van der Waals surface area contributed by atoms with Crippen LogP contribution in [0.4, 0.5) is 19.4 Å². The van der Waals surface area contributed by atoms with Crippen LogP contribution in [-0.2, 0) is 0 Å². The first-order chi connectivity index (χ1) is 7.97. The predicted octanol–water partition coefficient (Wildman–Crippen LogP) is 2.61. The van der Waals surface area contributed by atoms with E-state index in [4.69, 9.17) is 0 Å². The zero-order valence-corrected chi connectivity index (χ0v) is 9.17. The summed E-state index contributed by atoms with van der Waals surface area (Å²) >= 11 is 0. The highest BCUT2D eigenvalue weighted by molar-refractivity contribution is 8.45. The fraction of sp³-hybridized carbons (Fsp3) is 0. The summed E-state index contributed by atoms with van der Waals surface area (Å²) in [6.07, 6.45) is 0. The van der Waals surface area contributed by atoms with Gasteiger partial charge in [-0.25, -0.2) is 9.89 Å². The Balaban J connectivity index is 2.65. The Morgan fingerprint density at radius 3 is 2.33 bits per heavy atom. The topological polar surface area (TPSA) is 63.6 Å². The van der Waals surface area contributed by atoms with Crippen molar-refractivity contribution in [3.05, 3.63) is 34.7 Å². The summed E-state index contributed by atoms with van der Waals surface area (Å²) < 4.78 is 63.1. The van der Waals surface area contributed by atoms with Crippen molar-refractivity contribution in [1.29, 1.82) is 0 Å². The smallest absolute Gasteiger partial charge is 0.244 e. The van der Waals surface area contributed by atoms with Gasteiger partial charge in [0.1, 0.15) is 4.90 Å². The van der Waals surface area contributed by atoms with Crippen LogP contribution in [0.3, 0.4) is 0 Å². The summed E-state index contributed by atoms with van der Waals surface area (Å²) in [7, 11) is -9.77. The van der Waals surface area contributed by atoms with Crippen molar-refractivity contribution in [2.45, 2.75) is 4.90 Å². The number of halogens is 5. The second-order valence-electron chi connectivity index (χ2n) is 3.38. The maximum Gasteiger partial charge on any atom is 0.365 e. The molecule has 1 N–H and O–H groups in total. The molecule has 0 saturated heterocycles. The number of nitrogens with one attached hydrogen (secondary N) is 1. The first-order valence-electron chi connectivity index (χ1n) is 4.32. The predicted molar refractivity (Wildman–Crippen MR) is 53.4 cm³/mol. The van der Waals surface area contributed by atoms with Gasteiger partial charge in [-0.15, -0.1) is 0 Å². The molecule has 0 saturated carbocycles. The molecule has 0 fully saturated rings. The maximum absolute atomic E-state index is 12.5. The first kappa shape index (κ1) is 12.5. The van der Waals surface area contributed by atoms with Gasteiger partial charge in [-0.3, -0.25) is 0 Å². The molecule has 0 aliphatic rings. The molecule has 18 heavy (non-hydrogen) atoms. The molecule has 0 radical (unpaired) electrons. The molecular formula is C7H5F5N4OS. The standard InChI is InChI=1S/C7H5F5N4OS/c8-18(9,10,11,12)6-3-1-2-5(4-6)16-7(17)13-14-15-16/h1-4H,(H,13,15,17). The summed E-state index contributed by atoms with van der Waals surface area (Å²) in [5, 5.41) is 8.03. The lowest BCUT2D eigenvalue weighted by atomic mass is 10.3. The van der Waals surface area contributed by atoms with Gasteiger partial charge in [0, 0.05) is 0 Å². The van der Waals surface area contributed by atoms with Crippen molar-refractivity contribution in [3.8, 4) is 5.69 Å². The molecule has 0 spiro atoms. The Hall–Kier alpha value is -1.91. The van der Waals surface area contributed by atoms with Crippen LogP contribution < -0.4 is 5.69 Å². The van der Waals surface area contributed by atoms with E-state index in [0.717, 1.165) is 12.1 Å². The normalized spacial score (nSPS) is 16.1. The third-order valence-electron chi connectivity index (χ3n) is 1.98. The monoisotopic (exact) mass is 288 g/mol. The fourth-order valence-electron chi connectivity index (χ4n) is 1.22. The number of rotatable bonds is 2. The van der Waals surface area contributed by atoms with Crippen molar-refractivity contribution < 1.29 is 19.4 Å². The Morgan fingerprint density at radius 1 is 1.17 bits per heavy atom. The molecular weight excluding hydrogens is 283 g/mol. The molecule has 0 amide bonds. The van der Waals surface area contributed by atoms with Crippen LogP contribution in [0.25, 0.3) is 5.69 Å². The molecule has 2 rings (SSSR count). The summed E-state index contributed by atoms with van der Waals surface area (Å²) in [6.45, 7) is 0. The van der Waals surface area contributed by atoms with Gasteiger partial charge in [-0.1, -0.05) is 25.5 Å². The van der Waals surface area contributed by atoms with E-state index in [0.29, 0.717) is 4.68 Å². The molecule has 2 aromatic rings. The van der Waals surface area contributed by atoms with Gasteiger partial charge in [0.15, 0.2) is 0 Å². The van der Waals surface area contributed by atoms with Crippen LogP contribution in [-0.4, -0.2) is 20.2 Å². The molecule has 1 aromatic carbocycles. The first-order valence-corrected chi connectivity index (χ1v) is 6.27. The zero-order valence-electron chi connectivity index (χ0n) is 8.36. The largest absolute Gasteiger partial charge is 0.365 e. The van der Waals surface area contributed by atoms with E-state index in [-0.39, 0.29) is 12.1 Å². The summed E-state index contributed by atoms with van der Waals surface area (Å²) in [4.78, 5) is 8.97. The van der Waals surface area contributed by atoms with E-state index in [1.807, 2.05) is 5.10 Å². The zero-order chi connectivity index (χ0) is 13.7. The maximum atomic E-state index is 12.5. The summed E-state index contributed by atoms with van der Waals surface area (Å²) in [5.41, 5.74) is -1.39. The van der Waals surface area contributed by atoms with Crippen molar-refractivity contribution in [2.75, 3.05) is 0 Å². The lowest BCUT2D eigenvalue weighted by Crippen LogP contribution is -2.16. The molecule has 11 heteroatoms. The molecule has 5 nitrogen and oxygen atoms in total. The van der Waals surface area contributed by atoms with E-state index in [9.17, 15) is 24.2 Å². The van der Waals surface area contributed by atoms with Crippen LogP contribution >= 0.6 is 10.2 Å². The van der Waals surface area contributed by atoms with Gasteiger partial charge < -0.3 is 0 Å². The van der Waals surface area contributed by atoms with Crippen LogP contribution in [0, 0.1) is 0 Å². The third-order valence-corrected chi connectivity index (χ3v) is 3.12. The molecule has 0 aliphatic heterocycles. The Kier molecular flexibility index (Phi) is 2.03. The van der Waals surface area contributed by atoms with E-state index >= 15 is 0 Å². The van der Waals surface area contributed by atoms with Gasteiger partial charge >= 0.3 is 15.9 Å². The third kappa shape index (κ3) is 2.34. The number of benzene rings is 1. The number of tetrazole rings is 1. The Bertz CT molecular complexity index is 660. The number of hydrogen-bond acceptors (Lipinski definition) is 3. The second kappa shape index (κ2) is 2.91. The fourth-order valence-corrected chi connectivity index (χ4v) is 1.90. The molecule has 0 aliphatic carbocycles. The SMILES string of the molecule is O=c1[nH]nnn1-c1cccc(S(F)(F)(F)(F)F)c1. The highest BCUT2D eigenvalue weighted by atomic mass is 32.5. The van der Waals surface area contributed by atoms with Crippen LogP contribution in [0.2, 0.25) is 0 Å². The molecule has 0 atom stereocenters. The highest BCUT2D eigenvalue weighted by Gasteiger charge is 2.65. The van der Waals surface area contributed by atoms with Gasteiger partial charge in [0.05, 0.1) is 5.69 Å². The summed E-state index contributed by atoms with van der Waals surface area (Å²) in [6, 6.07) is 2.16. The average Bonchev–Trinajstić information content (AvgIpc) is 2.61. The average molecular weight is 288 g/mol. The van der Waals surface area contributed by atoms with Gasteiger partial charge in [0.25, 0.3) is 0 Å². The van der Waals surface area contributed by atoms with Gasteiger partial charge in [-0.05, 0) is 28.6 Å². The number of hydrogen-bond donors (Lipinski definition) is 1. The minimum atomic E-state index is -9.77. The number of H-pyrrole nitrogens is 1. The Morgan fingerprint density at radius 2 is 1.83 bits per heavy atom. The van der Waals surface area contributed by atoms with Crippen molar-refractivity contribution >= 4 is 10.2 Å². The molecule has 0 bridgehead atoms. The van der Waals surface area contributed by atoms with Crippen LogP contribution in [0.15, 0.2) is 34.0 Å². The quantitative estimate of drug-likeness (QED) is 0.864. The molecule has 0 unspecified atom stereocenters. The second-order valence-corrected chi connectivity index (χ2v) is 5.79. The van der Waals surface area contributed by atoms with E-state index in [1.54, 1.807) is 0 Å². The minimum Gasteiger partial charge on any atom is -0.244 e. The lowest BCUT2D eigenvalue weighted by molar-refractivity contribution is 0.364. The molecule has 1 aromatic heterocycles. The lowest BCUT2D eigenvalue weighted by Gasteiger charge is -2.40. The molecule has 1 heterocycles.